The van der Waals surface area contributed by atoms with E-state index in [1.54, 1.807) is 18.2 Å². The van der Waals surface area contributed by atoms with E-state index >= 15 is 0 Å². The van der Waals surface area contributed by atoms with Crippen molar-refractivity contribution in [2.75, 3.05) is 18.5 Å². The summed E-state index contributed by atoms with van der Waals surface area (Å²) in [5.41, 5.74) is 0.178. The quantitative estimate of drug-likeness (QED) is 0.509. The van der Waals surface area contributed by atoms with Crippen LogP contribution in [0.25, 0.3) is 0 Å². The SMILES string of the molecule is O=C(O)c1cc(NCCOc2ccc(Cl)cc2Cl)cc(Cl)c1O. The molecule has 0 atom stereocenters. The van der Waals surface area contributed by atoms with Crippen molar-refractivity contribution < 1.29 is 19.7 Å². The van der Waals surface area contributed by atoms with E-state index in [1.165, 1.54) is 12.1 Å². The fourth-order valence-corrected chi connectivity index (χ4v) is 2.50. The molecule has 5 nitrogen and oxygen atoms in total. The summed E-state index contributed by atoms with van der Waals surface area (Å²) in [6.07, 6.45) is 0. The Morgan fingerprint density at radius 2 is 1.87 bits per heavy atom. The molecule has 0 radical (unpaired) electrons. The van der Waals surface area contributed by atoms with Gasteiger partial charge in [0.25, 0.3) is 0 Å². The van der Waals surface area contributed by atoms with Gasteiger partial charge in [0.1, 0.15) is 23.7 Å². The van der Waals surface area contributed by atoms with Gasteiger partial charge in [-0.15, -0.1) is 0 Å². The number of carbonyl (C=O) groups is 1. The fourth-order valence-electron chi connectivity index (χ4n) is 1.81. The molecule has 122 valence electrons. The van der Waals surface area contributed by atoms with E-state index < -0.39 is 11.7 Å². The molecule has 0 aliphatic rings. The highest BCUT2D eigenvalue weighted by atomic mass is 35.5. The monoisotopic (exact) mass is 375 g/mol. The second-order valence-electron chi connectivity index (χ2n) is 4.51. The van der Waals surface area contributed by atoms with Gasteiger partial charge in [0.2, 0.25) is 0 Å². The molecule has 8 heteroatoms. The summed E-state index contributed by atoms with van der Waals surface area (Å²) in [5.74, 6) is -1.24. The lowest BCUT2D eigenvalue weighted by atomic mass is 10.1. The number of ether oxygens (including phenoxy) is 1. The van der Waals surface area contributed by atoms with Crippen LogP contribution < -0.4 is 10.1 Å². The summed E-state index contributed by atoms with van der Waals surface area (Å²) in [5, 5.41) is 22.4. The molecule has 0 bridgehead atoms. The molecule has 3 N–H and O–H groups in total. The highest BCUT2D eigenvalue weighted by molar-refractivity contribution is 6.35. The van der Waals surface area contributed by atoms with Crippen LogP contribution in [0, 0.1) is 0 Å². The molecule has 0 aromatic heterocycles. The van der Waals surface area contributed by atoms with E-state index in [2.05, 4.69) is 5.32 Å². The van der Waals surface area contributed by atoms with Crippen LogP contribution in [0.3, 0.4) is 0 Å². The molecule has 0 saturated carbocycles. The molecule has 2 rings (SSSR count). The molecule has 0 amide bonds. The van der Waals surface area contributed by atoms with Crippen molar-refractivity contribution in [1.29, 1.82) is 0 Å². The standard InChI is InChI=1S/C15H12Cl3NO4/c16-8-1-2-13(11(17)5-8)23-4-3-19-9-6-10(15(21)22)14(20)12(18)7-9/h1-2,5-7,19-20H,3-4H2,(H,21,22). The molecule has 0 fully saturated rings. The van der Waals surface area contributed by atoms with Crippen LogP contribution in [-0.4, -0.2) is 29.3 Å². The summed E-state index contributed by atoms with van der Waals surface area (Å²) in [6.45, 7) is 0.654. The maximum Gasteiger partial charge on any atom is 0.339 e. The Hall–Kier alpha value is -1.82. The number of hydrogen-bond acceptors (Lipinski definition) is 4. The van der Waals surface area contributed by atoms with Crippen LogP contribution in [0.1, 0.15) is 10.4 Å². The van der Waals surface area contributed by atoms with Gasteiger partial charge in [-0.3, -0.25) is 0 Å². The summed E-state index contributed by atoms with van der Waals surface area (Å²) >= 11 is 17.6. The van der Waals surface area contributed by atoms with Gasteiger partial charge >= 0.3 is 5.97 Å². The van der Waals surface area contributed by atoms with Crippen molar-refractivity contribution >= 4 is 46.5 Å². The normalized spacial score (nSPS) is 10.4. The Kier molecular flexibility index (Phi) is 5.82. The maximum atomic E-state index is 11.0. The molecule has 0 aliphatic heterocycles. The number of aromatic hydroxyl groups is 1. The molecule has 23 heavy (non-hydrogen) atoms. The van der Waals surface area contributed by atoms with E-state index in [9.17, 15) is 9.90 Å². The summed E-state index contributed by atoms with van der Waals surface area (Å²) < 4.78 is 5.49. The largest absolute Gasteiger partial charge is 0.505 e. The van der Waals surface area contributed by atoms with Gasteiger partial charge in [0.15, 0.2) is 0 Å². The van der Waals surface area contributed by atoms with E-state index in [4.69, 9.17) is 44.6 Å². The lowest BCUT2D eigenvalue weighted by Gasteiger charge is -2.11. The van der Waals surface area contributed by atoms with Crippen LogP contribution in [-0.2, 0) is 0 Å². The smallest absolute Gasteiger partial charge is 0.339 e. The van der Waals surface area contributed by atoms with Gasteiger partial charge in [0, 0.05) is 17.3 Å². The maximum absolute atomic E-state index is 11.0. The third-order valence-corrected chi connectivity index (χ3v) is 3.70. The molecule has 0 heterocycles. The van der Waals surface area contributed by atoms with Crippen LogP contribution in [0.2, 0.25) is 15.1 Å². The molecular formula is C15H12Cl3NO4. The van der Waals surface area contributed by atoms with E-state index in [0.29, 0.717) is 28.0 Å². The molecule has 0 spiro atoms. The Morgan fingerprint density at radius 1 is 1.13 bits per heavy atom. The van der Waals surface area contributed by atoms with E-state index in [-0.39, 0.29) is 17.2 Å². The summed E-state index contributed by atoms with van der Waals surface area (Å²) in [6, 6.07) is 7.61. The second kappa shape index (κ2) is 7.64. The highest BCUT2D eigenvalue weighted by Gasteiger charge is 2.14. The van der Waals surface area contributed by atoms with Crippen LogP contribution in [0.4, 0.5) is 5.69 Å². The van der Waals surface area contributed by atoms with Crippen molar-refractivity contribution in [1.82, 2.24) is 0 Å². The van der Waals surface area contributed by atoms with E-state index in [0.717, 1.165) is 0 Å². The molecule has 0 aliphatic carbocycles. The first-order valence-corrected chi connectivity index (χ1v) is 7.59. The number of benzene rings is 2. The van der Waals surface area contributed by atoms with Crippen molar-refractivity contribution in [3.63, 3.8) is 0 Å². The van der Waals surface area contributed by atoms with Crippen LogP contribution >= 0.6 is 34.8 Å². The topological polar surface area (TPSA) is 78.8 Å². The fraction of sp³-hybridized carbons (Fsp3) is 0.133. The first kappa shape index (κ1) is 17.5. The van der Waals surface area contributed by atoms with Gasteiger partial charge in [0.05, 0.1) is 10.0 Å². The van der Waals surface area contributed by atoms with Crippen molar-refractivity contribution in [2.45, 2.75) is 0 Å². The Labute approximate surface area is 147 Å². The number of carboxylic acid groups (broad SMARTS) is 1. The zero-order chi connectivity index (χ0) is 17.0. The zero-order valence-electron chi connectivity index (χ0n) is 11.6. The van der Waals surface area contributed by atoms with Crippen LogP contribution in [0.15, 0.2) is 30.3 Å². The summed E-state index contributed by atoms with van der Waals surface area (Å²) in [7, 11) is 0. The number of halogens is 3. The number of anilines is 1. The highest BCUT2D eigenvalue weighted by Crippen LogP contribution is 2.31. The van der Waals surface area contributed by atoms with Gasteiger partial charge in [-0.05, 0) is 30.3 Å². The van der Waals surface area contributed by atoms with Gasteiger partial charge in [-0.25, -0.2) is 4.79 Å². The minimum atomic E-state index is -1.27. The van der Waals surface area contributed by atoms with Gasteiger partial charge in [-0.2, -0.15) is 0 Å². The number of rotatable bonds is 6. The Morgan fingerprint density at radius 3 is 2.52 bits per heavy atom. The molecular weight excluding hydrogens is 365 g/mol. The minimum absolute atomic E-state index is 0.0472. The Balaban J connectivity index is 1.95. The third-order valence-electron chi connectivity index (χ3n) is 2.88. The Bertz CT molecular complexity index is 737. The lowest BCUT2D eigenvalue weighted by Crippen LogP contribution is -2.12. The third kappa shape index (κ3) is 4.58. The lowest BCUT2D eigenvalue weighted by molar-refractivity contribution is 0.0694. The predicted octanol–water partition coefficient (Wildman–Crippen LogP) is 4.54. The molecule has 0 unspecified atom stereocenters. The van der Waals surface area contributed by atoms with Crippen LogP contribution in [0.5, 0.6) is 11.5 Å². The predicted molar refractivity (Wildman–Crippen MR) is 90.5 cm³/mol. The first-order valence-electron chi connectivity index (χ1n) is 6.46. The average Bonchev–Trinajstić information content (AvgIpc) is 2.48. The first-order chi connectivity index (χ1) is 10.9. The minimum Gasteiger partial charge on any atom is -0.505 e. The van der Waals surface area contributed by atoms with Crippen molar-refractivity contribution in [3.8, 4) is 11.5 Å². The number of aromatic carboxylic acids is 1. The molecule has 2 aromatic rings. The van der Waals surface area contributed by atoms with Gasteiger partial charge in [-0.1, -0.05) is 34.8 Å². The molecule has 2 aromatic carbocycles. The van der Waals surface area contributed by atoms with Crippen molar-refractivity contribution in [2.24, 2.45) is 0 Å². The number of nitrogens with one attached hydrogen (secondary N) is 1. The second-order valence-corrected chi connectivity index (χ2v) is 5.76. The number of hydrogen-bond donors (Lipinski definition) is 3. The van der Waals surface area contributed by atoms with Crippen molar-refractivity contribution in [3.05, 3.63) is 51.0 Å². The molecule has 0 saturated heterocycles. The number of carboxylic acids is 1. The zero-order valence-corrected chi connectivity index (χ0v) is 13.9. The van der Waals surface area contributed by atoms with E-state index in [1.807, 2.05) is 0 Å². The summed E-state index contributed by atoms with van der Waals surface area (Å²) in [4.78, 5) is 11.0. The number of phenols is 1. The van der Waals surface area contributed by atoms with Gasteiger partial charge < -0.3 is 20.3 Å². The average molecular weight is 377 g/mol.